The molecule has 0 aliphatic carbocycles. The molecule has 0 radical (unpaired) electrons. The predicted molar refractivity (Wildman–Crippen MR) is 75.4 cm³/mol. The minimum Gasteiger partial charge on any atom is -0.212 e. The Balaban J connectivity index is 2.07. The van der Waals surface area contributed by atoms with E-state index in [2.05, 4.69) is 20.8 Å². The summed E-state index contributed by atoms with van der Waals surface area (Å²) in [5.41, 5.74) is 0.0664. The summed E-state index contributed by atoms with van der Waals surface area (Å²) in [5.74, 6) is 0.274. The smallest absolute Gasteiger partial charge is 0.212 e. The standard InChI is InChI=1S/C13H24ClNO2S/c1-13(2,3)6-7-18(16,17)15-11-4-5-12(15)9-10(14)8-11/h10-12H,4-9H2,1-3H3. The fourth-order valence-electron chi connectivity index (χ4n) is 3.06. The normalized spacial score (nSPS) is 33.9. The minimum atomic E-state index is -3.10. The maximum absolute atomic E-state index is 12.5. The molecule has 5 heteroatoms. The Hall–Kier alpha value is 0.200. The number of rotatable bonds is 3. The number of fused-ring (bicyclic) bond motifs is 2. The van der Waals surface area contributed by atoms with Gasteiger partial charge in [-0.3, -0.25) is 0 Å². The van der Waals surface area contributed by atoms with Crippen molar-refractivity contribution in [1.82, 2.24) is 4.31 Å². The van der Waals surface area contributed by atoms with Crippen LogP contribution in [0.3, 0.4) is 0 Å². The van der Waals surface area contributed by atoms with E-state index in [0.29, 0.717) is 0 Å². The van der Waals surface area contributed by atoms with Crippen LogP contribution in [0.5, 0.6) is 0 Å². The van der Waals surface area contributed by atoms with Gasteiger partial charge in [0.1, 0.15) is 0 Å². The molecule has 0 amide bonds. The van der Waals surface area contributed by atoms with E-state index in [4.69, 9.17) is 11.6 Å². The Morgan fingerprint density at radius 3 is 2.11 bits per heavy atom. The molecule has 0 saturated carbocycles. The molecule has 0 aromatic heterocycles. The van der Waals surface area contributed by atoms with E-state index >= 15 is 0 Å². The molecule has 0 aromatic rings. The Morgan fingerprint density at radius 2 is 1.67 bits per heavy atom. The van der Waals surface area contributed by atoms with Gasteiger partial charge in [-0.1, -0.05) is 20.8 Å². The van der Waals surface area contributed by atoms with Gasteiger partial charge in [0.15, 0.2) is 0 Å². The highest BCUT2D eigenvalue weighted by Gasteiger charge is 2.46. The lowest BCUT2D eigenvalue weighted by Gasteiger charge is -2.36. The number of nitrogens with zero attached hydrogens (tertiary/aromatic N) is 1. The Bertz CT molecular complexity index is 388. The van der Waals surface area contributed by atoms with Gasteiger partial charge in [-0.05, 0) is 37.5 Å². The SMILES string of the molecule is CC(C)(C)CCS(=O)(=O)N1C2CCC1CC(Cl)C2. The van der Waals surface area contributed by atoms with Crippen LogP contribution in [0.15, 0.2) is 0 Å². The van der Waals surface area contributed by atoms with Crippen LogP contribution in [0.2, 0.25) is 0 Å². The number of piperidine rings is 1. The van der Waals surface area contributed by atoms with Crippen molar-refractivity contribution < 1.29 is 8.42 Å². The first kappa shape index (κ1) is 14.6. The number of hydrogen-bond donors (Lipinski definition) is 0. The summed E-state index contributed by atoms with van der Waals surface area (Å²) in [4.78, 5) is 0. The van der Waals surface area contributed by atoms with Gasteiger partial charge < -0.3 is 0 Å². The molecule has 2 bridgehead atoms. The molecular weight excluding hydrogens is 270 g/mol. The molecule has 2 unspecified atom stereocenters. The molecule has 2 rings (SSSR count). The van der Waals surface area contributed by atoms with Crippen molar-refractivity contribution in [3.05, 3.63) is 0 Å². The highest BCUT2D eigenvalue weighted by molar-refractivity contribution is 7.89. The van der Waals surface area contributed by atoms with E-state index in [1.807, 2.05) is 0 Å². The summed E-state index contributed by atoms with van der Waals surface area (Å²) in [5, 5.41) is 0.163. The maximum atomic E-state index is 12.5. The zero-order chi connectivity index (χ0) is 13.6. The predicted octanol–water partition coefficient (Wildman–Crippen LogP) is 2.99. The third kappa shape index (κ3) is 3.20. The number of sulfonamides is 1. The lowest BCUT2D eigenvalue weighted by Crippen LogP contribution is -2.48. The van der Waals surface area contributed by atoms with Crippen molar-refractivity contribution in [2.45, 2.75) is 70.3 Å². The summed E-state index contributed by atoms with van der Waals surface area (Å²) in [7, 11) is -3.10. The van der Waals surface area contributed by atoms with Gasteiger partial charge in [0.25, 0.3) is 0 Å². The number of halogens is 1. The van der Waals surface area contributed by atoms with Crippen LogP contribution in [-0.2, 0) is 10.0 Å². The van der Waals surface area contributed by atoms with E-state index in [-0.39, 0.29) is 28.6 Å². The van der Waals surface area contributed by atoms with E-state index in [1.165, 1.54) is 0 Å². The highest BCUT2D eigenvalue weighted by atomic mass is 35.5. The van der Waals surface area contributed by atoms with E-state index < -0.39 is 10.0 Å². The average molecular weight is 294 g/mol. The van der Waals surface area contributed by atoms with Crippen LogP contribution in [0, 0.1) is 5.41 Å². The van der Waals surface area contributed by atoms with E-state index in [1.54, 1.807) is 4.31 Å². The first-order valence-electron chi connectivity index (χ1n) is 6.84. The molecule has 2 fully saturated rings. The van der Waals surface area contributed by atoms with E-state index in [0.717, 1.165) is 32.1 Å². The second-order valence-corrected chi connectivity index (χ2v) is 9.52. The number of hydrogen-bond acceptors (Lipinski definition) is 2. The van der Waals surface area contributed by atoms with Gasteiger partial charge in [-0.15, -0.1) is 11.6 Å². The second kappa shape index (κ2) is 4.95. The summed E-state index contributed by atoms with van der Waals surface area (Å²) in [6.07, 6.45) is 4.35. The summed E-state index contributed by atoms with van der Waals surface area (Å²) < 4.78 is 26.8. The zero-order valence-corrected chi connectivity index (χ0v) is 13.1. The summed E-state index contributed by atoms with van der Waals surface area (Å²) >= 11 is 6.19. The molecule has 0 spiro atoms. The topological polar surface area (TPSA) is 37.4 Å². The van der Waals surface area contributed by atoms with Crippen molar-refractivity contribution in [3.8, 4) is 0 Å². The Kier molecular flexibility index (Phi) is 4.02. The van der Waals surface area contributed by atoms with Crippen molar-refractivity contribution in [3.63, 3.8) is 0 Å². The Labute approximate surface area is 116 Å². The van der Waals surface area contributed by atoms with Crippen molar-refractivity contribution in [2.24, 2.45) is 5.41 Å². The third-order valence-corrected chi connectivity index (χ3v) is 6.35. The van der Waals surface area contributed by atoms with Crippen LogP contribution in [0.25, 0.3) is 0 Å². The molecule has 0 aromatic carbocycles. The van der Waals surface area contributed by atoms with Gasteiger partial charge in [0, 0.05) is 17.5 Å². The van der Waals surface area contributed by atoms with Gasteiger partial charge in [-0.25, -0.2) is 8.42 Å². The molecule has 18 heavy (non-hydrogen) atoms. The number of alkyl halides is 1. The lowest BCUT2D eigenvalue weighted by atomic mass is 9.94. The second-order valence-electron chi connectivity index (χ2n) is 6.91. The van der Waals surface area contributed by atoms with Gasteiger partial charge in [0.2, 0.25) is 10.0 Å². The first-order valence-corrected chi connectivity index (χ1v) is 8.89. The van der Waals surface area contributed by atoms with Crippen molar-refractivity contribution in [1.29, 1.82) is 0 Å². The molecule has 2 aliphatic heterocycles. The summed E-state index contributed by atoms with van der Waals surface area (Å²) in [6.45, 7) is 6.26. The van der Waals surface area contributed by atoms with Gasteiger partial charge >= 0.3 is 0 Å². The third-order valence-electron chi connectivity index (χ3n) is 4.04. The summed E-state index contributed by atoms with van der Waals surface area (Å²) in [6, 6.07) is 0.326. The lowest BCUT2D eigenvalue weighted by molar-refractivity contribution is 0.249. The molecular formula is C13H24ClNO2S. The average Bonchev–Trinajstić information content (AvgIpc) is 2.49. The zero-order valence-electron chi connectivity index (χ0n) is 11.5. The van der Waals surface area contributed by atoms with Crippen molar-refractivity contribution in [2.75, 3.05) is 5.75 Å². The largest absolute Gasteiger partial charge is 0.214 e. The molecule has 2 saturated heterocycles. The quantitative estimate of drug-likeness (QED) is 0.750. The van der Waals surface area contributed by atoms with Crippen LogP contribution in [-0.4, -0.2) is 35.9 Å². The molecule has 0 N–H and O–H groups in total. The molecule has 2 heterocycles. The molecule has 2 aliphatic rings. The van der Waals surface area contributed by atoms with Crippen LogP contribution < -0.4 is 0 Å². The van der Waals surface area contributed by atoms with Gasteiger partial charge in [-0.2, -0.15) is 4.31 Å². The van der Waals surface area contributed by atoms with Gasteiger partial charge in [0.05, 0.1) is 5.75 Å². The van der Waals surface area contributed by atoms with E-state index in [9.17, 15) is 8.42 Å². The van der Waals surface area contributed by atoms with Crippen LogP contribution >= 0.6 is 11.6 Å². The van der Waals surface area contributed by atoms with Crippen molar-refractivity contribution >= 4 is 21.6 Å². The van der Waals surface area contributed by atoms with Crippen LogP contribution in [0.4, 0.5) is 0 Å². The fourth-order valence-corrected chi connectivity index (χ4v) is 5.85. The molecule has 3 nitrogen and oxygen atoms in total. The first-order chi connectivity index (χ1) is 8.19. The maximum Gasteiger partial charge on any atom is 0.214 e. The van der Waals surface area contributed by atoms with Crippen LogP contribution in [0.1, 0.15) is 52.9 Å². The highest BCUT2D eigenvalue weighted by Crippen LogP contribution is 2.40. The minimum absolute atomic E-state index is 0.0664. The molecule has 2 atom stereocenters. The molecule has 106 valence electrons. The monoisotopic (exact) mass is 293 g/mol. The fraction of sp³-hybridized carbons (Fsp3) is 1.00. The Morgan fingerprint density at radius 1 is 1.17 bits per heavy atom.